The van der Waals surface area contributed by atoms with Gasteiger partial charge in [-0.05, 0) is 18.6 Å². The molecule has 0 bridgehead atoms. The first-order valence-electron chi connectivity index (χ1n) is 6.10. The van der Waals surface area contributed by atoms with Crippen molar-refractivity contribution in [2.75, 3.05) is 5.43 Å². The summed E-state index contributed by atoms with van der Waals surface area (Å²) in [6.45, 7) is 1.98. The lowest BCUT2D eigenvalue weighted by atomic mass is 10.3. The molecule has 0 spiro atoms. The molecule has 0 aliphatic heterocycles. The van der Waals surface area contributed by atoms with E-state index in [1.54, 1.807) is 0 Å². The van der Waals surface area contributed by atoms with Gasteiger partial charge in [-0.25, -0.2) is 19.6 Å². The van der Waals surface area contributed by atoms with Crippen LogP contribution in [0.5, 0.6) is 11.6 Å². The maximum absolute atomic E-state index is 13.5. The molecule has 2 rings (SSSR count). The van der Waals surface area contributed by atoms with E-state index in [-0.39, 0.29) is 11.6 Å². The molecule has 0 saturated carbocycles. The van der Waals surface area contributed by atoms with Crippen LogP contribution in [0.15, 0.2) is 24.3 Å². The minimum atomic E-state index is -0.803. The summed E-state index contributed by atoms with van der Waals surface area (Å²) in [5.41, 5.74) is 2.39. The van der Waals surface area contributed by atoms with Crippen molar-refractivity contribution in [3.8, 4) is 11.6 Å². The summed E-state index contributed by atoms with van der Waals surface area (Å²) in [4.78, 5) is 8.28. The molecule has 20 heavy (non-hydrogen) atoms. The highest BCUT2D eigenvalue weighted by Crippen LogP contribution is 2.25. The maximum Gasteiger partial charge on any atom is 0.224 e. The van der Waals surface area contributed by atoms with Gasteiger partial charge in [0, 0.05) is 18.6 Å². The fraction of sp³-hybridized carbons (Fsp3) is 0.231. The Balaban J connectivity index is 2.29. The molecule has 1 aromatic carbocycles. The number of ether oxygens (including phenoxy) is 1. The van der Waals surface area contributed by atoms with Gasteiger partial charge < -0.3 is 10.2 Å². The predicted octanol–water partition coefficient (Wildman–Crippen LogP) is 2.79. The number of rotatable bonds is 5. The Morgan fingerprint density at radius 1 is 1.25 bits per heavy atom. The van der Waals surface area contributed by atoms with E-state index in [1.165, 1.54) is 12.1 Å². The Labute approximate surface area is 114 Å². The summed E-state index contributed by atoms with van der Waals surface area (Å²) in [6, 6.07) is 4.48. The zero-order chi connectivity index (χ0) is 14.5. The number of nitrogen functional groups attached to an aromatic ring is 1. The number of hydrogen-bond acceptors (Lipinski definition) is 5. The van der Waals surface area contributed by atoms with Gasteiger partial charge >= 0.3 is 0 Å². The van der Waals surface area contributed by atoms with Crippen LogP contribution in [-0.4, -0.2) is 9.97 Å². The van der Waals surface area contributed by atoms with Crippen LogP contribution in [0.2, 0.25) is 0 Å². The number of aromatic nitrogens is 2. The van der Waals surface area contributed by atoms with Gasteiger partial charge in [0.25, 0.3) is 0 Å². The molecule has 0 aliphatic rings. The molecule has 7 heteroatoms. The number of hydrogen-bond donors (Lipinski definition) is 2. The first-order chi connectivity index (χ1) is 9.62. The van der Waals surface area contributed by atoms with E-state index in [1.807, 2.05) is 6.92 Å². The Morgan fingerprint density at radius 2 is 2.05 bits per heavy atom. The van der Waals surface area contributed by atoms with Crippen LogP contribution in [0.25, 0.3) is 0 Å². The second-order valence-corrected chi connectivity index (χ2v) is 4.08. The van der Waals surface area contributed by atoms with Crippen LogP contribution in [0.3, 0.4) is 0 Å². The largest absolute Gasteiger partial charge is 0.436 e. The molecule has 0 radical (unpaired) electrons. The molecule has 1 heterocycles. The van der Waals surface area contributed by atoms with E-state index < -0.39 is 11.6 Å². The highest BCUT2D eigenvalue weighted by atomic mass is 19.1. The highest BCUT2D eigenvalue weighted by molar-refractivity contribution is 5.39. The van der Waals surface area contributed by atoms with E-state index >= 15 is 0 Å². The normalized spacial score (nSPS) is 10.4. The van der Waals surface area contributed by atoms with Gasteiger partial charge in [0.05, 0.1) is 0 Å². The van der Waals surface area contributed by atoms with Gasteiger partial charge in [-0.15, -0.1) is 0 Å². The predicted molar refractivity (Wildman–Crippen MR) is 70.3 cm³/mol. The number of hydrazine groups is 1. The molecule has 0 amide bonds. The second-order valence-electron chi connectivity index (χ2n) is 4.08. The minimum absolute atomic E-state index is 0.115. The molecule has 0 saturated heterocycles. The monoisotopic (exact) mass is 280 g/mol. The first kappa shape index (κ1) is 14.1. The van der Waals surface area contributed by atoms with Gasteiger partial charge in [0.15, 0.2) is 11.6 Å². The van der Waals surface area contributed by atoms with Crippen LogP contribution in [0.1, 0.15) is 19.2 Å². The number of benzene rings is 1. The fourth-order valence-corrected chi connectivity index (χ4v) is 1.61. The third kappa shape index (κ3) is 3.39. The summed E-state index contributed by atoms with van der Waals surface area (Å²) < 4.78 is 31.6. The molecule has 0 aliphatic carbocycles. The van der Waals surface area contributed by atoms with E-state index in [9.17, 15) is 8.78 Å². The number of anilines is 1. The van der Waals surface area contributed by atoms with Crippen molar-refractivity contribution in [2.24, 2.45) is 5.84 Å². The third-order valence-electron chi connectivity index (χ3n) is 2.48. The number of halogens is 2. The lowest BCUT2D eigenvalue weighted by Gasteiger charge is -2.09. The summed E-state index contributed by atoms with van der Waals surface area (Å²) in [6.07, 6.45) is 1.48. The zero-order valence-electron chi connectivity index (χ0n) is 10.9. The Bertz CT molecular complexity index is 607. The van der Waals surface area contributed by atoms with Crippen LogP contribution in [0, 0.1) is 11.6 Å². The molecule has 5 nitrogen and oxygen atoms in total. The maximum atomic E-state index is 13.5. The Hall–Kier alpha value is -2.28. The average Bonchev–Trinajstić information content (AvgIpc) is 2.42. The van der Waals surface area contributed by atoms with E-state index in [2.05, 4.69) is 15.4 Å². The summed E-state index contributed by atoms with van der Waals surface area (Å²) >= 11 is 0. The van der Waals surface area contributed by atoms with Gasteiger partial charge in [0.2, 0.25) is 5.88 Å². The summed E-state index contributed by atoms with van der Waals surface area (Å²) in [5.74, 6) is 4.75. The first-order valence-corrected chi connectivity index (χ1v) is 6.10. The Kier molecular flexibility index (Phi) is 4.41. The highest BCUT2D eigenvalue weighted by Gasteiger charge is 2.10. The number of nitrogens with one attached hydrogen (secondary N) is 1. The van der Waals surface area contributed by atoms with Crippen molar-refractivity contribution < 1.29 is 13.5 Å². The molecule has 0 atom stereocenters. The zero-order valence-corrected chi connectivity index (χ0v) is 10.9. The number of nitrogens with two attached hydrogens (primary N) is 1. The van der Waals surface area contributed by atoms with E-state index in [4.69, 9.17) is 10.6 Å². The fourth-order valence-electron chi connectivity index (χ4n) is 1.61. The quantitative estimate of drug-likeness (QED) is 0.651. The number of nitrogens with zero attached hydrogens (tertiary/aromatic N) is 2. The van der Waals surface area contributed by atoms with Crippen molar-refractivity contribution in [3.05, 3.63) is 41.7 Å². The van der Waals surface area contributed by atoms with Crippen LogP contribution in [-0.2, 0) is 6.42 Å². The molecule has 1 aromatic heterocycles. The smallest absolute Gasteiger partial charge is 0.224 e. The standard InChI is InChI=1S/C13H14F2N4O/c1-2-3-11-17-12(19-16)7-13(18-11)20-10-5-4-8(14)6-9(10)15/h4-7H,2-3,16H2,1H3,(H,17,18,19). The topological polar surface area (TPSA) is 73.1 Å². The molecule has 3 N–H and O–H groups in total. The molecule has 0 fully saturated rings. The van der Waals surface area contributed by atoms with Gasteiger partial charge in [-0.2, -0.15) is 4.98 Å². The van der Waals surface area contributed by atoms with Crippen molar-refractivity contribution in [2.45, 2.75) is 19.8 Å². The third-order valence-corrected chi connectivity index (χ3v) is 2.48. The van der Waals surface area contributed by atoms with Crippen molar-refractivity contribution in [1.82, 2.24) is 9.97 Å². The molecule has 2 aromatic rings. The second kappa shape index (κ2) is 6.25. The number of aryl methyl sites for hydroxylation is 1. The lowest BCUT2D eigenvalue weighted by Crippen LogP contribution is -2.11. The van der Waals surface area contributed by atoms with Gasteiger partial charge in [-0.3, -0.25) is 0 Å². The SMILES string of the molecule is CCCc1nc(NN)cc(Oc2ccc(F)cc2F)n1. The van der Waals surface area contributed by atoms with Gasteiger partial charge in [0.1, 0.15) is 17.5 Å². The summed E-state index contributed by atoms with van der Waals surface area (Å²) in [7, 11) is 0. The van der Waals surface area contributed by atoms with Crippen molar-refractivity contribution in [3.63, 3.8) is 0 Å². The molecule has 106 valence electrons. The summed E-state index contributed by atoms with van der Waals surface area (Å²) in [5, 5.41) is 0. The van der Waals surface area contributed by atoms with Crippen LogP contribution >= 0.6 is 0 Å². The van der Waals surface area contributed by atoms with Crippen LogP contribution < -0.4 is 16.0 Å². The van der Waals surface area contributed by atoms with Gasteiger partial charge in [-0.1, -0.05) is 6.92 Å². The van der Waals surface area contributed by atoms with E-state index in [0.717, 1.165) is 18.6 Å². The Morgan fingerprint density at radius 3 is 2.70 bits per heavy atom. The molecular formula is C13H14F2N4O. The van der Waals surface area contributed by atoms with E-state index in [0.29, 0.717) is 18.1 Å². The minimum Gasteiger partial charge on any atom is -0.436 e. The van der Waals surface area contributed by atoms with Crippen molar-refractivity contribution in [1.29, 1.82) is 0 Å². The average molecular weight is 280 g/mol. The lowest BCUT2D eigenvalue weighted by molar-refractivity contribution is 0.421. The van der Waals surface area contributed by atoms with Crippen molar-refractivity contribution >= 4 is 5.82 Å². The molecule has 0 unspecified atom stereocenters. The van der Waals surface area contributed by atoms with Crippen LogP contribution in [0.4, 0.5) is 14.6 Å². The molecular weight excluding hydrogens is 266 g/mol.